The summed E-state index contributed by atoms with van der Waals surface area (Å²) in [5, 5.41) is 4.29. The minimum atomic E-state index is -3.16. The molecule has 1 unspecified atom stereocenters. The first-order valence-corrected chi connectivity index (χ1v) is 21.7. The Morgan fingerprint density at radius 1 is 0.411 bits per heavy atom. The number of rotatable bonds is 7. The van der Waals surface area contributed by atoms with Crippen LogP contribution in [0.25, 0.3) is 33.4 Å². The molecular formula is C51H51Cl3SiTi. The smallest absolute Gasteiger partial charge is 1.00 e. The van der Waals surface area contributed by atoms with Gasteiger partial charge in [0.2, 0.25) is 0 Å². The quantitative estimate of drug-likeness (QED) is 0.172. The molecule has 0 N–H and O–H groups in total. The Morgan fingerprint density at radius 3 is 0.946 bits per heavy atom. The molecule has 0 spiro atoms. The molecule has 0 aromatic heterocycles. The first-order valence-electron chi connectivity index (χ1n) is 18.9. The average Bonchev–Trinajstić information content (AvgIpc) is 3.31. The molecule has 0 heterocycles. The van der Waals surface area contributed by atoms with Gasteiger partial charge in [-0.1, -0.05) is 0 Å². The van der Waals surface area contributed by atoms with Crippen molar-refractivity contribution in [3.8, 4) is 33.4 Å². The van der Waals surface area contributed by atoms with Crippen molar-refractivity contribution in [1.29, 1.82) is 0 Å². The van der Waals surface area contributed by atoms with Crippen molar-refractivity contribution in [2.75, 3.05) is 0 Å². The van der Waals surface area contributed by atoms with Crippen LogP contribution in [0.2, 0.25) is 5.04 Å². The molecule has 1 aliphatic carbocycles. The topological polar surface area (TPSA) is 0 Å². The van der Waals surface area contributed by atoms with Crippen LogP contribution in [0.15, 0.2) is 148 Å². The molecule has 0 bridgehead atoms. The molecule has 0 saturated heterocycles. The van der Waals surface area contributed by atoms with E-state index in [0.29, 0.717) is 0 Å². The van der Waals surface area contributed by atoms with Crippen molar-refractivity contribution in [2.24, 2.45) is 0 Å². The van der Waals surface area contributed by atoms with E-state index in [0.717, 1.165) is 0 Å². The summed E-state index contributed by atoms with van der Waals surface area (Å²) in [7, 11) is -3.16. The summed E-state index contributed by atoms with van der Waals surface area (Å²) in [4.78, 5) is 0. The van der Waals surface area contributed by atoms with E-state index in [4.69, 9.17) is 0 Å². The maximum absolute atomic E-state index is 3.16. The summed E-state index contributed by atoms with van der Waals surface area (Å²) in [6.45, 7) is 24.0. The molecule has 0 amide bonds. The molecule has 0 saturated carbocycles. The summed E-state index contributed by atoms with van der Waals surface area (Å²) in [6.07, 6.45) is 0. The fraction of sp³-hybridized carbons (Fsp3) is 0.216. The van der Waals surface area contributed by atoms with E-state index in [1.165, 1.54) is 103 Å². The van der Waals surface area contributed by atoms with Gasteiger partial charge in [0.15, 0.2) is 0 Å². The molecule has 56 heavy (non-hydrogen) atoms. The molecule has 6 aromatic carbocycles. The monoisotopic (exact) mass is 844 g/mol. The van der Waals surface area contributed by atoms with Gasteiger partial charge < -0.3 is 37.2 Å². The Bertz CT molecular complexity index is 2200. The summed E-state index contributed by atoms with van der Waals surface area (Å²) >= 11 is 2.45. The normalized spacial score (nSPS) is 15.3. The maximum Gasteiger partial charge on any atom is -1.00 e. The van der Waals surface area contributed by atoms with Gasteiger partial charge in [-0.05, 0) is 0 Å². The van der Waals surface area contributed by atoms with Gasteiger partial charge in [0.1, 0.15) is 0 Å². The minimum absolute atomic E-state index is 0. The molecular weight excluding hydrogens is 795 g/mol. The van der Waals surface area contributed by atoms with Crippen LogP contribution in [0.4, 0.5) is 0 Å². The summed E-state index contributed by atoms with van der Waals surface area (Å²) in [5.41, 5.74) is 20.3. The number of hydrogen-bond acceptors (Lipinski definition) is 0. The predicted molar refractivity (Wildman–Crippen MR) is 228 cm³/mol. The van der Waals surface area contributed by atoms with Crippen LogP contribution in [-0.2, 0) is 20.4 Å². The fourth-order valence-corrected chi connectivity index (χ4v) is 18.3. The second kappa shape index (κ2) is 17.6. The fourth-order valence-electron chi connectivity index (χ4n) is 9.62. The second-order valence-electron chi connectivity index (χ2n) is 15.7. The molecule has 0 radical (unpaired) electrons. The molecule has 6 aromatic rings. The van der Waals surface area contributed by atoms with E-state index in [1.54, 1.807) is 0 Å². The Labute approximate surface area is 367 Å². The van der Waals surface area contributed by atoms with Gasteiger partial charge in [-0.15, -0.1) is 0 Å². The molecule has 1 aliphatic rings. The summed E-state index contributed by atoms with van der Waals surface area (Å²) in [6, 6.07) is 48.2. The largest absolute Gasteiger partial charge is 1.00 e. The Kier molecular flexibility index (Phi) is 14.3. The number of benzene rings is 6. The van der Waals surface area contributed by atoms with Crippen molar-refractivity contribution >= 4 is 23.6 Å². The van der Waals surface area contributed by atoms with Gasteiger partial charge in [0, 0.05) is 0 Å². The van der Waals surface area contributed by atoms with Gasteiger partial charge in [0.05, 0.1) is 0 Å². The molecule has 1 atom stereocenters. The second-order valence-corrected chi connectivity index (χ2v) is 20.6. The van der Waals surface area contributed by atoms with Crippen molar-refractivity contribution in [3.05, 3.63) is 181 Å². The van der Waals surface area contributed by atoms with Gasteiger partial charge in [-0.3, -0.25) is 0 Å². The molecule has 5 heteroatoms. The van der Waals surface area contributed by atoms with Crippen LogP contribution >= 0.6 is 0 Å². The van der Waals surface area contributed by atoms with Crippen LogP contribution in [0.3, 0.4) is 0 Å². The van der Waals surface area contributed by atoms with Gasteiger partial charge in [-0.25, -0.2) is 0 Å². The van der Waals surface area contributed by atoms with E-state index in [2.05, 4.69) is 217 Å². The summed E-state index contributed by atoms with van der Waals surface area (Å²) in [5.74, 6) is 0. The van der Waals surface area contributed by atoms with Crippen molar-refractivity contribution in [2.45, 2.75) is 74.3 Å². The summed E-state index contributed by atoms with van der Waals surface area (Å²) < 4.78 is 1.51. The molecule has 0 nitrogen and oxygen atoms in total. The first-order chi connectivity index (χ1) is 25.3. The van der Waals surface area contributed by atoms with E-state index >= 15 is 0 Å². The van der Waals surface area contributed by atoms with Gasteiger partial charge >= 0.3 is 333 Å². The Morgan fingerprint density at radius 2 is 0.696 bits per heavy atom. The molecule has 0 aliphatic heterocycles. The van der Waals surface area contributed by atoms with E-state index in [-0.39, 0.29) is 42.3 Å². The van der Waals surface area contributed by atoms with Crippen LogP contribution in [0.1, 0.15) is 61.1 Å². The number of halogens is 3. The Hall–Kier alpha value is -3.40. The molecule has 284 valence electrons. The molecule has 7 rings (SSSR count). The maximum atomic E-state index is 2.63. The van der Waals surface area contributed by atoms with Crippen molar-refractivity contribution in [3.63, 3.8) is 0 Å². The zero-order valence-corrected chi connectivity index (χ0v) is 39.1. The van der Waals surface area contributed by atoms with Gasteiger partial charge in [0.25, 0.3) is 0 Å². The predicted octanol–water partition coefficient (Wildman–Crippen LogP) is 2.95. The first kappa shape index (κ1) is 45.3. The van der Waals surface area contributed by atoms with Gasteiger partial charge in [-0.2, -0.15) is 0 Å². The van der Waals surface area contributed by atoms with Crippen LogP contribution in [0.5, 0.6) is 0 Å². The van der Waals surface area contributed by atoms with Crippen LogP contribution in [-0.4, -0.2) is 8.07 Å². The van der Waals surface area contributed by atoms with Crippen LogP contribution < -0.4 is 52.8 Å². The van der Waals surface area contributed by atoms with Crippen molar-refractivity contribution < 1.29 is 57.7 Å². The third-order valence-electron chi connectivity index (χ3n) is 12.6. The van der Waals surface area contributed by atoms with E-state index in [9.17, 15) is 0 Å². The van der Waals surface area contributed by atoms with E-state index in [1.807, 2.05) is 0 Å². The van der Waals surface area contributed by atoms with E-state index < -0.39 is 8.07 Å². The Balaban J connectivity index is 0.00000232. The SMILES string of the molecule is CC1=C(C)C(C)([Si](c2cc(C)cc(-c3ccccc3)c2C)(c2cc(C)cc(-c3ccccc3)c2C)c2cc(C)cc(-c3ccccc3)c2C)[C]([Ti+3])=C1C.[Cl-].[Cl-].[Cl-]. The third-order valence-corrected chi connectivity index (χ3v) is 20.5. The molecule has 0 fully saturated rings. The number of aryl methyl sites for hydroxylation is 3. The standard InChI is InChI=1S/C51H51Si.3ClH.Ti/c1-33-26-45(42-20-14-11-15-21-42)38(6)48(29-33)52(51(10)32-36(4)37(5)41(51)9,49-30-34(2)27-46(39(49)7)43-22-16-12-17-23-43)50-31-35(3)28-47(40(50)8)44-24-18-13-19-25-44;;;;/h11-31H,1-10H3;3*1H;/q;;;;+3/p-3. The zero-order valence-electron chi connectivity index (χ0n) is 34.3. The zero-order chi connectivity index (χ0) is 37.8. The number of allylic oxidation sites excluding steroid dienone is 4. The van der Waals surface area contributed by atoms with Crippen LogP contribution in [0, 0.1) is 41.5 Å². The average molecular weight is 846 g/mol. The third kappa shape index (κ3) is 7.19. The minimum Gasteiger partial charge on any atom is -1.00 e. The number of hydrogen-bond donors (Lipinski definition) is 0. The van der Waals surface area contributed by atoms with Crippen molar-refractivity contribution in [1.82, 2.24) is 0 Å².